The molecule has 142 valence electrons. The number of ether oxygens (including phenoxy) is 1. The van der Waals surface area contributed by atoms with Gasteiger partial charge in [0, 0.05) is 6.20 Å². The van der Waals surface area contributed by atoms with Gasteiger partial charge in [-0.05, 0) is 51.3 Å². The Morgan fingerprint density at radius 1 is 1.18 bits per heavy atom. The molecule has 5 nitrogen and oxygen atoms in total. The molecule has 0 saturated carbocycles. The number of benzene rings is 2. The van der Waals surface area contributed by atoms with Crippen molar-refractivity contribution in [1.82, 2.24) is 10.4 Å². The molecule has 0 spiro atoms. The molecule has 0 aliphatic rings. The fourth-order valence-electron chi connectivity index (χ4n) is 2.30. The Kier molecular flexibility index (Phi) is 7.03. The Morgan fingerprint density at radius 2 is 1.96 bits per heavy atom. The first-order chi connectivity index (χ1) is 13.5. The molecule has 28 heavy (non-hydrogen) atoms. The van der Waals surface area contributed by atoms with Crippen LogP contribution in [0.4, 0.5) is 0 Å². The van der Waals surface area contributed by atoms with E-state index in [0.29, 0.717) is 27.4 Å². The summed E-state index contributed by atoms with van der Waals surface area (Å²) in [5.74, 6) is 0.0798. The minimum absolute atomic E-state index is 0.112. The lowest BCUT2D eigenvalue weighted by atomic mass is 10.2. The number of amides is 1. The fraction of sp³-hybridized carbons (Fsp3) is 0.0500. The Balaban J connectivity index is 1.66. The second-order valence-electron chi connectivity index (χ2n) is 5.63. The second-order valence-corrected chi connectivity index (χ2v) is 7.25. The fourth-order valence-corrected chi connectivity index (χ4v) is 3.50. The van der Waals surface area contributed by atoms with E-state index in [9.17, 15) is 4.79 Å². The summed E-state index contributed by atoms with van der Waals surface area (Å²) in [4.78, 5) is 15.9. The molecule has 2 aromatic carbocycles. The average Bonchev–Trinajstić information content (AvgIpc) is 2.68. The quantitative estimate of drug-likeness (QED) is 0.289. The van der Waals surface area contributed by atoms with Crippen molar-refractivity contribution in [2.24, 2.45) is 5.10 Å². The van der Waals surface area contributed by atoms with Crippen molar-refractivity contribution in [3.8, 4) is 5.75 Å². The molecule has 1 N–H and O–H groups in total. The van der Waals surface area contributed by atoms with E-state index in [1.807, 2.05) is 30.3 Å². The van der Waals surface area contributed by atoms with Crippen LogP contribution in [-0.4, -0.2) is 17.1 Å². The number of nitrogens with zero attached hydrogens (tertiary/aromatic N) is 2. The van der Waals surface area contributed by atoms with Crippen molar-refractivity contribution in [3.05, 3.63) is 92.1 Å². The lowest BCUT2D eigenvalue weighted by Gasteiger charge is -2.11. The number of hydrazone groups is 1. The number of hydrogen-bond acceptors (Lipinski definition) is 4. The SMILES string of the molecule is O=C(NN=Cc1cc(Cl)c(OCc2ccccc2)c(Br)c1)c1cccnc1Cl. The Bertz CT molecular complexity index is 990. The number of halogens is 3. The number of rotatable bonds is 6. The molecule has 0 atom stereocenters. The van der Waals surface area contributed by atoms with Crippen LogP contribution in [0.5, 0.6) is 5.75 Å². The molecule has 3 rings (SSSR count). The van der Waals surface area contributed by atoms with Crippen LogP contribution in [0.3, 0.4) is 0 Å². The van der Waals surface area contributed by atoms with Crippen LogP contribution in [-0.2, 0) is 6.61 Å². The van der Waals surface area contributed by atoms with Crippen molar-refractivity contribution in [2.75, 3.05) is 0 Å². The van der Waals surface area contributed by atoms with E-state index in [1.165, 1.54) is 12.4 Å². The predicted octanol–water partition coefficient (Wildman–Crippen LogP) is 5.49. The summed E-state index contributed by atoms with van der Waals surface area (Å²) in [6.07, 6.45) is 2.98. The van der Waals surface area contributed by atoms with Crippen molar-refractivity contribution in [2.45, 2.75) is 6.61 Å². The number of carbonyl (C=O) groups excluding carboxylic acids is 1. The van der Waals surface area contributed by atoms with Crippen LogP contribution in [0.2, 0.25) is 10.2 Å². The molecule has 1 aromatic heterocycles. The van der Waals surface area contributed by atoms with Gasteiger partial charge in [0.2, 0.25) is 0 Å². The summed E-state index contributed by atoms with van der Waals surface area (Å²) in [7, 11) is 0. The first-order valence-corrected chi connectivity index (χ1v) is 9.69. The number of nitrogens with one attached hydrogen (secondary N) is 1. The van der Waals surface area contributed by atoms with Crippen LogP contribution in [0.15, 0.2) is 70.4 Å². The smallest absolute Gasteiger partial charge is 0.274 e. The molecule has 8 heteroatoms. The minimum Gasteiger partial charge on any atom is -0.486 e. The molecular weight excluding hydrogens is 465 g/mol. The maximum atomic E-state index is 12.1. The lowest BCUT2D eigenvalue weighted by Crippen LogP contribution is -2.18. The molecule has 0 radical (unpaired) electrons. The highest BCUT2D eigenvalue weighted by atomic mass is 79.9. The topological polar surface area (TPSA) is 63.6 Å². The summed E-state index contributed by atoms with van der Waals surface area (Å²) >= 11 is 15.7. The average molecular weight is 479 g/mol. The van der Waals surface area contributed by atoms with Crippen LogP contribution in [0, 0.1) is 0 Å². The van der Waals surface area contributed by atoms with Gasteiger partial charge in [-0.15, -0.1) is 0 Å². The van der Waals surface area contributed by atoms with Crippen molar-refractivity contribution < 1.29 is 9.53 Å². The van der Waals surface area contributed by atoms with Gasteiger partial charge in [0.15, 0.2) is 5.75 Å². The van der Waals surface area contributed by atoms with Gasteiger partial charge in [0.25, 0.3) is 5.91 Å². The third-order valence-corrected chi connectivity index (χ3v) is 4.80. The number of carbonyl (C=O) groups is 1. The summed E-state index contributed by atoms with van der Waals surface area (Å²) < 4.78 is 6.49. The Labute approximate surface area is 180 Å². The highest BCUT2D eigenvalue weighted by molar-refractivity contribution is 9.10. The zero-order valence-corrected chi connectivity index (χ0v) is 17.5. The van der Waals surface area contributed by atoms with Gasteiger partial charge in [-0.2, -0.15) is 5.10 Å². The molecule has 3 aromatic rings. The van der Waals surface area contributed by atoms with Gasteiger partial charge in [-0.25, -0.2) is 10.4 Å². The lowest BCUT2D eigenvalue weighted by molar-refractivity contribution is 0.0955. The molecule has 1 heterocycles. The van der Waals surface area contributed by atoms with Gasteiger partial charge in [0.1, 0.15) is 11.8 Å². The molecule has 0 aliphatic carbocycles. The van der Waals surface area contributed by atoms with Gasteiger partial charge in [-0.3, -0.25) is 4.79 Å². The normalized spacial score (nSPS) is 10.8. The van der Waals surface area contributed by atoms with E-state index in [0.717, 1.165) is 5.56 Å². The monoisotopic (exact) mass is 477 g/mol. The summed E-state index contributed by atoms with van der Waals surface area (Å²) in [5, 5.41) is 4.47. The standard InChI is InChI=1S/C20H14BrCl2N3O2/c21-16-9-14(11-25-26-20(27)15-7-4-8-24-19(15)23)10-17(22)18(16)28-12-13-5-2-1-3-6-13/h1-11H,12H2,(H,26,27). The van der Waals surface area contributed by atoms with E-state index < -0.39 is 5.91 Å². The molecule has 0 saturated heterocycles. The van der Waals surface area contributed by atoms with Gasteiger partial charge in [-0.1, -0.05) is 53.5 Å². The van der Waals surface area contributed by atoms with Crippen molar-refractivity contribution in [3.63, 3.8) is 0 Å². The summed E-state index contributed by atoms with van der Waals surface area (Å²) in [6.45, 7) is 0.397. The first-order valence-electron chi connectivity index (χ1n) is 8.14. The maximum absolute atomic E-state index is 12.1. The number of pyridine rings is 1. The van der Waals surface area contributed by atoms with Crippen molar-refractivity contribution in [1.29, 1.82) is 0 Å². The van der Waals surface area contributed by atoms with E-state index >= 15 is 0 Å². The zero-order chi connectivity index (χ0) is 19.9. The maximum Gasteiger partial charge on any atom is 0.274 e. The zero-order valence-electron chi connectivity index (χ0n) is 14.4. The van der Waals surface area contributed by atoms with Gasteiger partial charge in [0.05, 0.1) is 21.3 Å². The van der Waals surface area contributed by atoms with E-state index in [-0.39, 0.29) is 10.7 Å². The van der Waals surface area contributed by atoms with Crippen LogP contribution in [0.1, 0.15) is 21.5 Å². The summed E-state index contributed by atoms with van der Waals surface area (Å²) in [6, 6.07) is 16.5. The number of hydrogen-bond donors (Lipinski definition) is 1. The Hall–Kier alpha value is -2.41. The van der Waals surface area contributed by atoms with Crippen molar-refractivity contribution >= 4 is 51.3 Å². The minimum atomic E-state index is -0.456. The molecular formula is C20H14BrCl2N3O2. The molecule has 0 unspecified atom stereocenters. The van der Waals surface area contributed by atoms with E-state index in [2.05, 4.69) is 31.4 Å². The molecule has 0 aliphatic heterocycles. The predicted molar refractivity (Wildman–Crippen MR) is 114 cm³/mol. The van der Waals surface area contributed by atoms with E-state index in [4.69, 9.17) is 27.9 Å². The molecule has 0 bridgehead atoms. The third kappa shape index (κ3) is 5.32. The highest BCUT2D eigenvalue weighted by Gasteiger charge is 2.11. The second kappa shape index (κ2) is 9.68. The van der Waals surface area contributed by atoms with Gasteiger partial charge < -0.3 is 4.74 Å². The third-order valence-electron chi connectivity index (χ3n) is 3.63. The molecule has 1 amide bonds. The van der Waals surface area contributed by atoms with E-state index in [1.54, 1.807) is 24.3 Å². The van der Waals surface area contributed by atoms with Gasteiger partial charge >= 0.3 is 0 Å². The largest absolute Gasteiger partial charge is 0.486 e. The summed E-state index contributed by atoms with van der Waals surface area (Å²) in [5.41, 5.74) is 4.36. The molecule has 0 fully saturated rings. The Morgan fingerprint density at radius 3 is 2.68 bits per heavy atom. The first kappa shape index (κ1) is 20.3. The highest BCUT2D eigenvalue weighted by Crippen LogP contribution is 2.34. The van der Waals surface area contributed by atoms with Crippen LogP contribution >= 0.6 is 39.1 Å². The van der Waals surface area contributed by atoms with Crippen LogP contribution in [0.25, 0.3) is 0 Å². The number of aromatic nitrogens is 1. The van der Waals surface area contributed by atoms with Crippen LogP contribution < -0.4 is 10.2 Å².